The van der Waals surface area contributed by atoms with Crippen LogP contribution in [0.1, 0.15) is 30.1 Å². The molecule has 0 radical (unpaired) electrons. The molecule has 1 amide bonds. The number of carbonyl (C=O) groups is 1. The molecule has 1 unspecified atom stereocenters. The van der Waals surface area contributed by atoms with Crippen molar-refractivity contribution < 1.29 is 19.0 Å². The molecule has 0 bridgehead atoms. The minimum atomic E-state index is -0.197. The van der Waals surface area contributed by atoms with Crippen LogP contribution in [0.15, 0.2) is 48.5 Å². The van der Waals surface area contributed by atoms with E-state index in [4.69, 9.17) is 14.2 Å². The van der Waals surface area contributed by atoms with E-state index in [1.807, 2.05) is 43.3 Å². The number of rotatable bonds is 7. The standard InChI is InChI=1S/C20H23NO4/c1-2-23-19-8-4-3-7-18(19)20(22)21-15-9-11-16(12-10-15)25-14-17-6-5-13-24-17/h3-4,7-12,17H,2,5-6,13-14H2,1H3,(H,21,22). The van der Waals surface area contributed by atoms with Gasteiger partial charge >= 0.3 is 0 Å². The largest absolute Gasteiger partial charge is 0.493 e. The predicted octanol–water partition coefficient (Wildman–Crippen LogP) is 3.90. The number of anilines is 1. The molecule has 132 valence electrons. The van der Waals surface area contributed by atoms with Gasteiger partial charge in [0.25, 0.3) is 5.91 Å². The van der Waals surface area contributed by atoms with Gasteiger partial charge in [0.15, 0.2) is 0 Å². The zero-order chi connectivity index (χ0) is 17.5. The Morgan fingerprint density at radius 3 is 2.68 bits per heavy atom. The number of amides is 1. The maximum atomic E-state index is 12.5. The highest BCUT2D eigenvalue weighted by atomic mass is 16.5. The molecule has 3 rings (SSSR count). The van der Waals surface area contributed by atoms with Crippen LogP contribution in [0.5, 0.6) is 11.5 Å². The zero-order valence-corrected chi connectivity index (χ0v) is 14.4. The third kappa shape index (κ3) is 4.73. The van der Waals surface area contributed by atoms with E-state index >= 15 is 0 Å². The summed E-state index contributed by atoms with van der Waals surface area (Å²) in [4.78, 5) is 12.5. The molecule has 0 aliphatic carbocycles. The molecule has 0 spiro atoms. The van der Waals surface area contributed by atoms with Gasteiger partial charge in [-0.25, -0.2) is 0 Å². The van der Waals surface area contributed by atoms with Gasteiger partial charge in [0.2, 0.25) is 0 Å². The lowest BCUT2D eigenvalue weighted by Crippen LogP contribution is -2.16. The van der Waals surface area contributed by atoms with Crippen LogP contribution in [0.3, 0.4) is 0 Å². The van der Waals surface area contributed by atoms with Crippen LogP contribution in [-0.4, -0.2) is 31.8 Å². The molecule has 1 aliphatic rings. The molecule has 5 nitrogen and oxygen atoms in total. The van der Waals surface area contributed by atoms with Gasteiger partial charge in [-0.3, -0.25) is 4.79 Å². The summed E-state index contributed by atoms with van der Waals surface area (Å²) in [6.45, 7) is 3.79. The number of nitrogens with one attached hydrogen (secondary N) is 1. The van der Waals surface area contributed by atoms with E-state index in [0.29, 0.717) is 30.2 Å². The first kappa shape index (κ1) is 17.3. The van der Waals surface area contributed by atoms with Crippen LogP contribution >= 0.6 is 0 Å². The van der Waals surface area contributed by atoms with E-state index in [1.165, 1.54) is 0 Å². The highest BCUT2D eigenvalue weighted by molar-refractivity contribution is 6.06. The van der Waals surface area contributed by atoms with Crippen LogP contribution in [0.2, 0.25) is 0 Å². The molecular formula is C20H23NO4. The fourth-order valence-electron chi connectivity index (χ4n) is 2.73. The first-order valence-corrected chi connectivity index (χ1v) is 8.64. The van der Waals surface area contributed by atoms with Crippen LogP contribution in [0.25, 0.3) is 0 Å². The van der Waals surface area contributed by atoms with Gasteiger partial charge in [-0.1, -0.05) is 12.1 Å². The Balaban J connectivity index is 1.58. The van der Waals surface area contributed by atoms with Gasteiger partial charge in [0.1, 0.15) is 18.1 Å². The Labute approximate surface area is 147 Å². The number of benzene rings is 2. The lowest BCUT2D eigenvalue weighted by atomic mass is 10.2. The Morgan fingerprint density at radius 2 is 1.96 bits per heavy atom. The van der Waals surface area contributed by atoms with E-state index in [9.17, 15) is 4.79 Å². The summed E-state index contributed by atoms with van der Waals surface area (Å²) in [5.74, 6) is 1.15. The van der Waals surface area contributed by atoms with Gasteiger partial charge in [-0.2, -0.15) is 0 Å². The summed E-state index contributed by atoms with van der Waals surface area (Å²) in [6, 6.07) is 14.6. The average molecular weight is 341 g/mol. The quantitative estimate of drug-likeness (QED) is 0.830. The lowest BCUT2D eigenvalue weighted by Gasteiger charge is -2.13. The summed E-state index contributed by atoms with van der Waals surface area (Å²) < 4.78 is 16.8. The number of carbonyl (C=O) groups excluding carboxylic acids is 1. The molecule has 5 heteroatoms. The minimum absolute atomic E-state index is 0.189. The highest BCUT2D eigenvalue weighted by Gasteiger charge is 2.16. The van der Waals surface area contributed by atoms with Crippen LogP contribution in [0, 0.1) is 0 Å². The van der Waals surface area contributed by atoms with Gasteiger partial charge in [0, 0.05) is 12.3 Å². The van der Waals surface area contributed by atoms with Crippen molar-refractivity contribution in [3.05, 3.63) is 54.1 Å². The smallest absolute Gasteiger partial charge is 0.259 e. The van der Waals surface area contributed by atoms with Gasteiger partial charge in [-0.05, 0) is 56.2 Å². The number of para-hydroxylation sites is 1. The van der Waals surface area contributed by atoms with E-state index in [-0.39, 0.29) is 12.0 Å². The summed E-state index contributed by atoms with van der Waals surface area (Å²) in [7, 11) is 0. The third-order valence-electron chi connectivity index (χ3n) is 4.00. The number of hydrogen-bond acceptors (Lipinski definition) is 4. The molecule has 1 N–H and O–H groups in total. The topological polar surface area (TPSA) is 56.8 Å². The zero-order valence-electron chi connectivity index (χ0n) is 14.4. The van der Waals surface area contributed by atoms with E-state index in [2.05, 4.69) is 5.32 Å². The molecule has 1 fully saturated rings. The number of hydrogen-bond donors (Lipinski definition) is 1. The highest BCUT2D eigenvalue weighted by Crippen LogP contribution is 2.22. The normalized spacial score (nSPS) is 16.4. The maximum absolute atomic E-state index is 12.5. The molecule has 1 saturated heterocycles. The van der Waals surface area contributed by atoms with E-state index < -0.39 is 0 Å². The van der Waals surface area contributed by atoms with E-state index in [1.54, 1.807) is 12.1 Å². The maximum Gasteiger partial charge on any atom is 0.259 e. The van der Waals surface area contributed by atoms with Crippen molar-refractivity contribution in [2.45, 2.75) is 25.9 Å². The van der Waals surface area contributed by atoms with Crippen molar-refractivity contribution in [3.8, 4) is 11.5 Å². The molecule has 1 heterocycles. The van der Waals surface area contributed by atoms with Gasteiger partial charge < -0.3 is 19.5 Å². The first-order chi connectivity index (χ1) is 12.3. The van der Waals surface area contributed by atoms with Crippen molar-refractivity contribution >= 4 is 11.6 Å². The molecule has 2 aromatic rings. The van der Waals surface area contributed by atoms with Crippen molar-refractivity contribution in [3.63, 3.8) is 0 Å². The molecule has 25 heavy (non-hydrogen) atoms. The Hall–Kier alpha value is -2.53. The van der Waals surface area contributed by atoms with Crippen LogP contribution in [0.4, 0.5) is 5.69 Å². The monoisotopic (exact) mass is 341 g/mol. The second kappa shape index (κ2) is 8.53. The SMILES string of the molecule is CCOc1ccccc1C(=O)Nc1ccc(OCC2CCCO2)cc1. The number of ether oxygens (including phenoxy) is 3. The van der Waals surface area contributed by atoms with Crippen LogP contribution in [-0.2, 0) is 4.74 Å². The predicted molar refractivity (Wildman–Crippen MR) is 96.5 cm³/mol. The second-order valence-corrected chi connectivity index (χ2v) is 5.85. The lowest BCUT2D eigenvalue weighted by molar-refractivity contribution is 0.0679. The fourth-order valence-corrected chi connectivity index (χ4v) is 2.73. The Kier molecular flexibility index (Phi) is 5.90. The van der Waals surface area contributed by atoms with Crippen molar-refractivity contribution in [1.82, 2.24) is 0 Å². The molecule has 0 saturated carbocycles. The third-order valence-corrected chi connectivity index (χ3v) is 4.00. The Morgan fingerprint density at radius 1 is 1.16 bits per heavy atom. The molecule has 0 aromatic heterocycles. The Bertz CT molecular complexity index is 693. The minimum Gasteiger partial charge on any atom is -0.493 e. The summed E-state index contributed by atoms with van der Waals surface area (Å²) in [5.41, 5.74) is 1.23. The van der Waals surface area contributed by atoms with Gasteiger partial charge in [-0.15, -0.1) is 0 Å². The first-order valence-electron chi connectivity index (χ1n) is 8.64. The van der Waals surface area contributed by atoms with E-state index in [0.717, 1.165) is 25.2 Å². The summed E-state index contributed by atoms with van der Waals surface area (Å²) in [5, 5.41) is 2.88. The molecule has 1 atom stereocenters. The molecule has 1 aliphatic heterocycles. The fraction of sp³-hybridized carbons (Fsp3) is 0.350. The summed E-state index contributed by atoms with van der Waals surface area (Å²) >= 11 is 0. The molecule has 2 aromatic carbocycles. The second-order valence-electron chi connectivity index (χ2n) is 5.85. The van der Waals surface area contributed by atoms with Gasteiger partial charge in [0.05, 0.1) is 18.3 Å². The summed E-state index contributed by atoms with van der Waals surface area (Å²) in [6.07, 6.45) is 2.34. The van der Waals surface area contributed by atoms with Crippen LogP contribution < -0.4 is 14.8 Å². The molecular weight excluding hydrogens is 318 g/mol. The average Bonchev–Trinajstić information content (AvgIpc) is 3.15. The van der Waals surface area contributed by atoms with Crippen molar-refractivity contribution in [1.29, 1.82) is 0 Å². The van der Waals surface area contributed by atoms with Crippen molar-refractivity contribution in [2.75, 3.05) is 25.1 Å². The van der Waals surface area contributed by atoms with Crippen molar-refractivity contribution in [2.24, 2.45) is 0 Å².